The molecular weight excluding hydrogens is 164 g/mol. The van der Waals surface area contributed by atoms with Gasteiger partial charge in [-0.1, -0.05) is 18.6 Å². The van der Waals surface area contributed by atoms with E-state index < -0.39 is 15.4 Å². The lowest BCUT2D eigenvalue weighted by molar-refractivity contribution is 0.477. The van der Waals surface area contributed by atoms with Crippen LogP contribution in [-0.2, 0) is 10.1 Å². The molecule has 0 rings (SSSR count). The van der Waals surface area contributed by atoms with Gasteiger partial charge in [0.15, 0.2) is 0 Å². The Morgan fingerprint density at radius 3 is 2.36 bits per heavy atom. The summed E-state index contributed by atoms with van der Waals surface area (Å²) in [7, 11) is -3.88. The first-order chi connectivity index (χ1) is 4.88. The average molecular weight is 178 g/mol. The van der Waals surface area contributed by atoms with E-state index in [4.69, 9.17) is 4.55 Å². The van der Waals surface area contributed by atoms with E-state index >= 15 is 0 Å². The molecule has 0 saturated carbocycles. The molecule has 0 aromatic rings. The maximum absolute atomic E-state index is 10.5. The van der Waals surface area contributed by atoms with Crippen LogP contribution in [0.25, 0.3) is 0 Å². The number of hydrogen-bond donors (Lipinski definition) is 1. The SMILES string of the molecule is CC/C(C)=C\C(C)S(=O)(=O)O. The van der Waals surface area contributed by atoms with Gasteiger partial charge < -0.3 is 0 Å². The Labute approximate surface area is 67.9 Å². The summed E-state index contributed by atoms with van der Waals surface area (Å²) in [6.45, 7) is 5.22. The Balaban J connectivity index is 4.42. The first-order valence-electron chi connectivity index (χ1n) is 3.51. The Kier molecular flexibility index (Phi) is 3.75. The number of allylic oxidation sites excluding steroid dienone is 1. The minimum absolute atomic E-state index is 0.789. The minimum Gasteiger partial charge on any atom is -0.285 e. The van der Waals surface area contributed by atoms with Crippen LogP contribution in [0.5, 0.6) is 0 Å². The van der Waals surface area contributed by atoms with Crippen LogP contribution in [0.3, 0.4) is 0 Å². The van der Waals surface area contributed by atoms with Crippen molar-refractivity contribution in [2.24, 2.45) is 0 Å². The summed E-state index contributed by atoms with van der Waals surface area (Å²) in [5.74, 6) is 0. The van der Waals surface area contributed by atoms with Gasteiger partial charge in [-0.15, -0.1) is 0 Å². The van der Waals surface area contributed by atoms with Crippen molar-refractivity contribution in [1.82, 2.24) is 0 Å². The quantitative estimate of drug-likeness (QED) is 0.527. The minimum atomic E-state index is -3.88. The van der Waals surface area contributed by atoms with E-state index in [1.54, 1.807) is 6.08 Å². The molecule has 0 aromatic heterocycles. The Bertz CT molecular complexity index is 238. The second kappa shape index (κ2) is 3.88. The number of hydrogen-bond acceptors (Lipinski definition) is 2. The molecule has 0 aliphatic rings. The molecule has 0 heterocycles. The normalized spacial score (nSPS) is 16.5. The van der Waals surface area contributed by atoms with Crippen LogP contribution in [0.2, 0.25) is 0 Å². The molecule has 0 aliphatic heterocycles. The van der Waals surface area contributed by atoms with Gasteiger partial charge in [-0.2, -0.15) is 8.42 Å². The number of rotatable bonds is 3. The molecule has 4 heteroatoms. The topological polar surface area (TPSA) is 54.4 Å². The molecule has 0 aliphatic carbocycles. The van der Waals surface area contributed by atoms with Crippen LogP contribution < -0.4 is 0 Å². The molecule has 0 fully saturated rings. The van der Waals surface area contributed by atoms with Gasteiger partial charge in [0.25, 0.3) is 10.1 Å². The molecule has 3 nitrogen and oxygen atoms in total. The summed E-state index contributed by atoms with van der Waals surface area (Å²) in [6, 6.07) is 0. The molecule has 0 aromatic carbocycles. The van der Waals surface area contributed by atoms with E-state index in [9.17, 15) is 8.42 Å². The lowest BCUT2D eigenvalue weighted by atomic mass is 10.2. The molecule has 0 saturated heterocycles. The second-order valence-corrected chi connectivity index (χ2v) is 4.36. The molecule has 1 atom stereocenters. The van der Waals surface area contributed by atoms with Crippen molar-refractivity contribution in [3.63, 3.8) is 0 Å². The fraction of sp³-hybridized carbons (Fsp3) is 0.714. The van der Waals surface area contributed by atoms with Gasteiger partial charge in [0, 0.05) is 0 Å². The van der Waals surface area contributed by atoms with E-state index in [-0.39, 0.29) is 0 Å². The van der Waals surface area contributed by atoms with Crippen molar-refractivity contribution in [1.29, 1.82) is 0 Å². The molecule has 11 heavy (non-hydrogen) atoms. The van der Waals surface area contributed by atoms with Crippen molar-refractivity contribution >= 4 is 10.1 Å². The van der Waals surface area contributed by atoms with Gasteiger partial charge in [0.1, 0.15) is 5.25 Å². The van der Waals surface area contributed by atoms with Crippen LogP contribution in [0.15, 0.2) is 11.6 Å². The van der Waals surface area contributed by atoms with Crippen LogP contribution in [-0.4, -0.2) is 18.2 Å². The molecule has 0 bridgehead atoms. The van der Waals surface area contributed by atoms with Crippen molar-refractivity contribution in [3.05, 3.63) is 11.6 Å². The van der Waals surface area contributed by atoms with Crippen LogP contribution in [0.1, 0.15) is 27.2 Å². The summed E-state index contributed by atoms with van der Waals surface area (Å²) in [5, 5.41) is -0.789. The van der Waals surface area contributed by atoms with E-state index in [0.717, 1.165) is 12.0 Å². The molecule has 1 unspecified atom stereocenters. The van der Waals surface area contributed by atoms with Gasteiger partial charge in [-0.25, -0.2) is 0 Å². The Hall–Kier alpha value is -0.350. The Morgan fingerprint density at radius 1 is 1.64 bits per heavy atom. The summed E-state index contributed by atoms with van der Waals surface area (Å²) in [6.07, 6.45) is 2.36. The monoisotopic (exact) mass is 178 g/mol. The zero-order valence-electron chi connectivity index (χ0n) is 7.03. The van der Waals surface area contributed by atoms with E-state index in [1.807, 2.05) is 13.8 Å². The highest BCUT2D eigenvalue weighted by atomic mass is 32.2. The average Bonchev–Trinajstić information content (AvgIpc) is 1.85. The van der Waals surface area contributed by atoms with Crippen molar-refractivity contribution in [2.75, 3.05) is 0 Å². The third-order valence-corrected chi connectivity index (χ3v) is 2.62. The summed E-state index contributed by atoms with van der Waals surface area (Å²) in [4.78, 5) is 0. The van der Waals surface area contributed by atoms with Crippen molar-refractivity contribution in [2.45, 2.75) is 32.4 Å². The highest BCUT2D eigenvalue weighted by Crippen LogP contribution is 2.05. The lowest BCUT2D eigenvalue weighted by Crippen LogP contribution is -2.13. The largest absolute Gasteiger partial charge is 0.285 e. The molecule has 0 amide bonds. The molecule has 0 spiro atoms. The first-order valence-corrected chi connectivity index (χ1v) is 5.01. The first kappa shape index (κ1) is 10.7. The lowest BCUT2D eigenvalue weighted by Gasteiger charge is -2.02. The zero-order valence-corrected chi connectivity index (χ0v) is 7.85. The van der Waals surface area contributed by atoms with Gasteiger partial charge in [-0.05, 0) is 20.3 Å². The van der Waals surface area contributed by atoms with E-state index in [2.05, 4.69) is 0 Å². The second-order valence-electron chi connectivity index (χ2n) is 2.59. The maximum Gasteiger partial charge on any atom is 0.271 e. The fourth-order valence-corrected chi connectivity index (χ4v) is 1.01. The third-order valence-electron chi connectivity index (χ3n) is 1.55. The van der Waals surface area contributed by atoms with Gasteiger partial charge >= 0.3 is 0 Å². The Morgan fingerprint density at radius 2 is 2.09 bits per heavy atom. The standard InChI is InChI=1S/C7H14O3S/c1-4-6(2)5-7(3)11(8,9)10/h5,7H,4H2,1-3H3,(H,8,9,10)/b6-5-. The third kappa shape index (κ3) is 4.16. The van der Waals surface area contributed by atoms with Gasteiger partial charge in [0.2, 0.25) is 0 Å². The van der Waals surface area contributed by atoms with Gasteiger partial charge in [0.05, 0.1) is 0 Å². The predicted octanol–water partition coefficient (Wildman–Crippen LogP) is 1.62. The van der Waals surface area contributed by atoms with Crippen molar-refractivity contribution < 1.29 is 13.0 Å². The predicted molar refractivity (Wildman–Crippen MR) is 45.1 cm³/mol. The highest BCUT2D eigenvalue weighted by Gasteiger charge is 2.13. The van der Waals surface area contributed by atoms with Crippen LogP contribution in [0.4, 0.5) is 0 Å². The highest BCUT2D eigenvalue weighted by molar-refractivity contribution is 7.86. The molecule has 66 valence electrons. The summed E-state index contributed by atoms with van der Waals surface area (Å²) in [5.41, 5.74) is 0.968. The molecule has 1 N–H and O–H groups in total. The smallest absolute Gasteiger partial charge is 0.271 e. The van der Waals surface area contributed by atoms with Crippen LogP contribution >= 0.6 is 0 Å². The molecule has 0 radical (unpaired) electrons. The van der Waals surface area contributed by atoms with E-state index in [1.165, 1.54) is 6.92 Å². The van der Waals surface area contributed by atoms with Gasteiger partial charge in [-0.3, -0.25) is 4.55 Å². The van der Waals surface area contributed by atoms with E-state index in [0.29, 0.717) is 0 Å². The summed E-state index contributed by atoms with van der Waals surface area (Å²) >= 11 is 0. The fourth-order valence-electron chi connectivity index (χ4n) is 0.605. The van der Waals surface area contributed by atoms with Crippen LogP contribution in [0, 0.1) is 0 Å². The summed E-state index contributed by atoms with van der Waals surface area (Å²) < 4.78 is 29.5. The molecular formula is C7H14O3S. The zero-order chi connectivity index (χ0) is 9.07. The maximum atomic E-state index is 10.5. The van der Waals surface area contributed by atoms with Crippen molar-refractivity contribution in [3.8, 4) is 0 Å².